The van der Waals surface area contributed by atoms with Gasteiger partial charge in [-0.05, 0) is 31.5 Å². The summed E-state index contributed by atoms with van der Waals surface area (Å²) in [7, 11) is 0. The molecule has 2 rings (SSSR count). The van der Waals surface area contributed by atoms with E-state index in [1.54, 1.807) is 24.4 Å². The van der Waals surface area contributed by atoms with E-state index in [9.17, 15) is 4.79 Å². The number of nitrogens with one attached hydrogen (secondary N) is 1. The molecule has 0 amide bonds. The molecule has 0 bridgehead atoms. The standard InChI is InChI=1S/C14H15N3O2/c1-9-7-15-10(2)13(17-9)16-8-11-4-3-5-12(6-11)14(18)19/h3-7H,8H2,1-2H3,(H,16,17)(H,18,19). The molecule has 0 saturated heterocycles. The van der Waals surface area contributed by atoms with Gasteiger partial charge < -0.3 is 10.4 Å². The van der Waals surface area contributed by atoms with Crippen LogP contribution in [-0.4, -0.2) is 21.0 Å². The number of benzene rings is 1. The molecule has 1 aromatic heterocycles. The summed E-state index contributed by atoms with van der Waals surface area (Å²) in [5.74, 6) is -0.200. The maximum atomic E-state index is 10.9. The summed E-state index contributed by atoms with van der Waals surface area (Å²) in [6.45, 7) is 4.27. The maximum absolute atomic E-state index is 10.9. The minimum absolute atomic E-state index is 0.284. The van der Waals surface area contributed by atoms with E-state index in [1.165, 1.54) is 0 Å². The van der Waals surface area contributed by atoms with Crippen molar-refractivity contribution >= 4 is 11.8 Å². The van der Waals surface area contributed by atoms with Gasteiger partial charge in [-0.1, -0.05) is 12.1 Å². The highest BCUT2D eigenvalue weighted by Gasteiger charge is 2.05. The Morgan fingerprint density at radius 3 is 2.89 bits per heavy atom. The summed E-state index contributed by atoms with van der Waals surface area (Å²) in [6.07, 6.45) is 1.71. The number of aryl methyl sites for hydroxylation is 2. The number of anilines is 1. The molecule has 0 unspecified atom stereocenters. The van der Waals surface area contributed by atoms with E-state index in [0.717, 1.165) is 22.8 Å². The first-order valence-electron chi connectivity index (χ1n) is 5.92. The fourth-order valence-corrected chi connectivity index (χ4v) is 1.71. The number of aromatic nitrogens is 2. The first kappa shape index (κ1) is 13.0. The van der Waals surface area contributed by atoms with Crippen LogP contribution >= 0.6 is 0 Å². The number of aromatic carboxylic acids is 1. The lowest BCUT2D eigenvalue weighted by Crippen LogP contribution is -2.06. The van der Waals surface area contributed by atoms with Crippen molar-refractivity contribution in [2.45, 2.75) is 20.4 Å². The molecule has 2 N–H and O–H groups in total. The molecule has 0 saturated carbocycles. The van der Waals surface area contributed by atoms with E-state index in [1.807, 2.05) is 19.9 Å². The van der Waals surface area contributed by atoms with Gasteiger partial charge in [-0.3, -0.25) is 4.98 Å². The Kier molecular flexibility index (Phi) is 3.75. The van der Waals surface area contributed by atoms with Crippen molar-refractivity contribution in [3.8, 4) is 0 Å². The second kappa shape index (κ2) is 5.48. The summed E-state index contributed by atoms with van der Waals surface area (Å²) in [6, 6.07) is 6.82. The SMILES string of the molecule is Cc1cnc(C)c(NCc2cccc(C(=O)O)c2)n1. The quantitative estimate of drug-likeness (QED) is 0.879. The van der Waals surface area contributed by atoms with Crippen LogP contribution in [-0.2, 0) is 6.54 Å². The normalized spacial score (nSPS) is 10.2. The molecule has 0 aliphatic heterocycles. The highest BCUT2D eigenvalue weighted by Crippen LogP contribution is 2.12. The van der Waals surface area contributed by atoms with Crippen molar-refractivity contribution < 1.29 is 9.90 Å². The maximum Gasteiger partial charge on any atom is 0.335 e. The zero-order valence-electron chi connectivity index (χ0n) is 10.8. The number of hydrogen-bond donors (Lipinski definition) is 2. The van der Waals surface area contributed by atoms with E-state index >= 15 is 0 Å². The number of nitrogens with zero attached hydrogens (tertiary/aromatic N) is 2. The second-order valence-electron chi connectivity index (χ2n) is 4.30. The molecular weight excluding hydrogens is 242 g/mol. The minimum Gasteiger partial charge on any atom is -0.478 e. The van der Waals surface area contributed by atoms with Crippen LogP contribution < -0.4 is 5.32 Å². The fraction of sp³-hybridized carbons (Fsp3) is 0.214. The predicted molar refractivity (Wildman–Crippen MR) is 72.2 cm³/mol. The average Bonchev–Trinajstić information content (AvgIpc) is 2.40. The van der Waals surface area contributed by atoms with Crippen molar-refractivity contribution in [2.75, 3.05) is 5.32 Å². The van der Waals surface area contributed by atoms with Gasteiger partial charge in [0, 0.05) is 12.7 Å². The lowest BCUT2D eigenvalue weighted by Gasteiger charge is -2.09. The molecule has 1 aromatic carbocycles. The molecule has 0 radical (unpaired) electrons. The van der Waals surface area contributed by atoms with Gasteiger partial charge >= 0.3 is 5.97 Å². The van der Waals surface area contributed by atoms with Crippen LogP contribution in [0.2, 0.25) is 0 Å². The topological polar surface area (TPSA) is 75.1 Å². The van der Waals surface area contributed by atoms with Gasteiger partial charge in [-0.2, -0.15) is 0 Å². The zero-order chi connectivity index (χ0) is 13.8. The van der Waals surface area contributed by atoms with Gasteiger partial charge in [0.1, 0.15) is 5.82 Å². The van der Waals surface area contributed by atoms with Gasteiger partial charge in [0.25, 0.3) is 0 Å². The summed E-state index contributed by atoms with van der Waals surface area (Å²) < 4.78 is 0. The van der Waals surface area contributed by atoms with Gasteiger partial charge in [0.05, 0.1) is 17.0 Å². The van der Waals surface area contributed by atoms with Crippen LogP contribution in [0.1, 0.15) is 27.3 Å². The molecule has 5 nitrogen and oxygen atoms in total. The Morgan fingerprint density at radius 2 is 2.16 bits per heavy atom. The highest BCUT2D eigenvalue weighted by atomic mass is 16.4. The van der Waals surface area contributed by atoms with Crippen LogP contribution in [0.4, 0.5) is 5.82 Å². The Bertz CT molecular complexity index is 611. The minimum atomic E-state index is -0.923. The molecule has 2 aromatic rings. The lowest BCUT2D eigenvalue weighted by molar-refractivity contribution is 0.0697. The van der Waals surface area contributed by atoms with E-state index in [4.69, 9.17) is 5.11 Å². The van der Waals surface area contributed by atoms with Gasteiger partial charge in [-0.25, -0.2) is 9.78 Å². The Labute approximate surface area is 111 Å². The second-order valence-corrected chi connectivity index (χ2v) is 4.30. The molecular formula is C14H15N3O2. The monoisotopic (exact) mass is 257 g/mol. The average molecular weight is 257 g/mol. The van der Waals surface area contributed by atoms with E-state index in [0.29, 0.717) is 6.54 Å². The number of carboxylic acids is 1. The van der Waals surface area contributed by atoms with Crippen LogP contribution in [0.25, 0.3) is 0 Å². The van der Waals surface area contributed by atoms with Crippen LogP contribution in [0.15, 0.2) is 30.5 Å². The summed E-state index contributed by atoms with van der Waals surface area (Å²) in [5, 5.41) is 12.1. The van der Waals surface area contributed by atoms with Crippen molar-refractivity contribution in [3.63, 3.8) is 0 Å². The van der Waals surface area contributed by atoms with Gasteiger partial charge in [-0.15, -0.1) is 0 Å². The van der Waals surface area contributed by atoms with Crippen LogP contribution in [0.5, 0.6) is 0 Å². The van der Waals surface area contributed by atoms with E-state index in [2.05, 4.69) is 15.3 Å². The first-order chi connectivity index (χ1) is 9.06. The summed E-state index contributed by atoms with van der Waals surface area (Å²) in [4.78, 5) is 19.5. The lowest BCUT2D eigenvalue weighted by atomic mass is 10.1. The molecule has 0 spiro atoms. The molecule has 5 heteroatoms. The smallest absolute Gasteiger partial charge is 0.335 e. The molecule has 0 aliphatic rings. The predicted octanol–water partition coefficient (Wildman–Crippen LogP) is 2.40. The number of carboxylic acid groups (broad SMARTS) is 1. The fourth-order valence-electron chi connectivity index (χ4n) is 1.71. The number of carbonyl (C=O) groups is 1. The third-order valence-electron chi connectivity index (χ3n) is 2.71. The number of rotatable bonds is 4. The highest BCUT2D eigenvalue weighted by molar-refractivity contribution is 5.87. The number of hydrogen-bond acceptors (Lipinski definition) is 4. The van der Waals surface area contributed by atoms with E-state index in [-0.39, 0.29) is 5.56 Å². The molecule has 0 atom stereocenters. The van der Waals surface area contributed by atoms with Crippen LogP contribution in [0, 0.1) is 13.8 Å². The Balaban J connectivity index is 2.12. The molecule has 19 heavy (non-hydrogen) atoms. The Morgan fingerprint density at radius 1 is 1.37 bits per heavy atom. The molecule has 0 aliphatic carbocycles. The molecule has 0 fully saturated rings. The van der Waals surface area contributed by atoms with Gasteiger partial charge in [0.15, 0.2) is 0 Å². The summed E-state index contributed by atoms with van der Waals surface area (Å²) in [5.41, 5.74) is 2.83. The van der Waals surface area contributed by atoms with Crippen molar-refractivity contribution in [3.05, 3.63) is 53.0 Å². The largest absolute Gasteiger partial charge is 0.478 e. The molecule has 1 heterocycles. The third-order valence-corrected chi connectivity index (χ3v) is 2.71. The first-order valence-corrected chi connectivity index (χ1v) is 5.92. The van der Waals surface area contributed by atoms with Crippen molar-refractivity contribution in [2.24, 2.45) is 0 Å². The molecule has 98 valence electrons. The van der Waals surface area contributed by atoms with E-state index < -0.39 is 5.97 Å². The zero-order valence-corrected chi connectivity index (χ0v) is 10.8. The summed E-state index contributed by atoms with van der Waals surface area (Å²) >= 11 is 0. The van der Waals surface area contributed by atoms with Crippen molar-refractivity contribution in [1.29, 1.82) is 0 Å². The van der Waals surface area contributed by atoms with Gasteiger partial charge in [0.2, 0.25) is 0 Å². The third kappa shape index (κ3) is 3.28. The van der Waals surface area contributed by atoms with Crippen LogP contribution in [0.3, 0.4) is 0 Å². The van der Waals surface area contributed by atoms with Crippen molar-refractivity contribution in [1.82, 2.24) is 9.97 Å². The Hall–Kier alpha value is -2.43.